The smallest absolute Gasteiger partial charge is 0.319 e. The molecular formula is C29H35N3O3. The molecule has 2 amide bonds. The fraction of sp³-hybridized carbons (Fsp3) is 0.552. The molecule has 6 nitrogen and oxygen atoms in total. The van der Waals surface area contributed by atoms with Crippen LogP contribution < -0.4 is 15.4 Å². The highest BCUT2D eigenvalue weighted by Crippen LogP contribution is 2.65. The first kappa shape index (κ1) is 21.7. The van der Waals surface area contributed by atoms with Gasteiger partial charge in [0.05, 0.1) is 24.9 Å². The number of piperidine rings is 1. The van der Waals surface area contributed by atoms with Crippen LogP contribution in [-0.4, -0.2) is 54.9 Å². The Morgan fingerprint density at radius 2 is 2.00 bits per heavy atom. The Balaban J connectivity index is 1.25. The van der Waals surface area contributed by atoms with E-state index in [9.17, 15) is 4.79 Å². The van der Waals surface area contributed by atoms with Gasteiger partial charge in [-0.2, -0.15) is 0 Å². The summed E-state index contributed by atoms with van der Waals surface area (Å²) in [5.41, 5.74) is 2.99. The molecule has 3 heterocycles. The van der Waals surface area contributed by atoms with Crippen LogP contribution in [0.1, 0.15) is 49.7 Å². The van der Waals surface area contributed by atoms with Crippen molar-refractivity contribution in [3.05, 3.63) is 59.7 Å². The summed E-state index contributed by atoms with van der Waals surface area (Å²) >= 11 is 0. The van der Waals surface area contributed by atoms with Gasteiger partial charge >= 0.3 is 6.03 Å². The number of amides is 2. The first-order valence-corrected chi connectivity index (χ1v) is 13.2. The van der Waals surface area contributed by atoms with E-state index < -0.39 is 0 Å². The van der Waals surface area contributed by atoms with E-state index in [1.165, 1.54) is 30.5 Å². The molecule has 0 aromatic heterocycles. The summed E-state index contributed by atoms with van der Waals surface area (Å²) in [6, 6.07) is 16.6. The van der Waals surface area contributed by atoms with Crippen molar-refractivity contribution in [3.8, 4) is 5.75 Å². The number of hydrogen-bond acceptors (Lipinski definition) is 4. The number of urea groups is 1. The summed E-state index contributed by atoms with van der Waals surface area (Å²) < 4.78 is 12.7. The monoisotopic (exact) mass is 473 g/mol. The van der Waals surface area contributed by atoms with Crippen molar-refractivity contribution in [2.75, 3.05) is 32.1 Å². The quantitative estimate of drug-likeness (QED) is 0.672. The van der Waals surface area contributed by atoms with Gasteiger partial charge in [-0.1, -0.05) is 24.3 Å². The Labute approximate surface area is 207 Å². The lowest BCUT2D eigenvalue weighted by Gasteiger charge is -2.71. The molecule has 3 saturated heterocycles. The predicted octanol–water partition coefficient (Wildman–Crippen LogP) is 4.49. The van der Waals surface area contributed by atoms with Crippen LogP contribution in [-0.2, 0) is 16.6 Å². The van der Waals surface area contributed by atoms with E-state index in [1.54, 1.807) is 7.11 Å². The Bertz CT molecular complexity index is 1140. The first-order chi connectivity index (χ1) is 17.0. The van der Waals surface area contributed by atoms with Crippen LogP contribution in [0.15, 0.2) is 48.5 Å². The molecular weight excluding hydrogens is 438 g/mol. The van der Waals surface area contributed by atoms with Crippen molar-refractivity contribution in [2.45, 2.75) is 67.5 Å². The molecule has 1 spiro atoms. The number of nitrogens with one attached hydrogen (secondary N) is 2. The zero-order chi connectivity index (χ0) is 23.7. The van der Waals surface area contributed by atoms with Crippen LogP contribution >= 0.6 is 0 Å². The van der Waals surface area contributed by atoms with E-state index in [0.717, 1.165) is 56.0 Å². The fourth-order valence-corrected chi connectivity index (χ4v) is 7.93. The maximum Gasteiger partial charge on any atom is 0.319 e. The summed E-state index contributed by atoms with van der Waals surface area (Å²) in [5, 5.41) is 6.42. The number of carbonyl (C=O) groups is 1. The average Bonchev–Trinajstić information content (AvgIpc) is 3.70. The number of para-hydroxylation sites is 1. The van der Waals surface area contributed by atoms with Gasteiger partial charge in [-0.3, -0.25) is 4.90 Å². The zero-order valence-electron chi connectivity index (χ0n) is 20.5. The standard InChI is InChI=1S/C29H35N3O3/c1-34-23-10-9-21-15-25-29-12-11-27(19-35-29,31-26(33)30-22-5-3-2-4-6-22)18-28(29,24(21)16-23)13-14-32(25)17-20-7-8-20/h2-6,9-10,16,20,25H,7-8,11-15,17-19H2,1H3,(H2,30,31,33)/t25-,27?,28-,29-/m1/s1. The van der Waals surface area contributed by atoms with Gasteiger partial charge in [-0.25, -0.2) is 4.79 Å². The summed E-state index contributed by atoms with van der Waals surface area (Å²) in [6.07, 6.45) is 7.74. The van der Waals surface area contributed by atoms with Crippen molar-refractivity contribution in [1.29, 1.82) is 0 Å². The topological polar surface area (TPSA) is 62.8 Å². The third-order valence-electron chi connectivity index (χ3n) is 9.68. The van der Waals surface area contributed by atoms with Gasteiger partial charge in [0.25, 0.3) is 0 Å². The molecule has 6 aliphatic rings. The Kier molecular flexibility index (Phi) is 4.78. The van der Waals surface area contributed by atoms with Crippen LogP contribution in [0.5, 0.6) is 5.75 Å². The van der Waals surface area contributed by atoms with E-state index in [2.05, 4.69) is 33.7 Å². The van der Waals surface area contributed by atoms with Gasteiger partial charge in [0.15, 0.2) is 0 Å². The third-order valence-corrected chi connectivity index (χ3v) is 9.68. The molecule has 184 valence electrons. The van der Waals surface area contributed by atoms with Crippen LogP contribution in [0.4, 0.5) is 10.5 Å². The summed E-state index contributed by atoms with van der Waals surface area (Å²) in [6.45, 7) is 2.90. The molecule has 5 fully saturated rings. The largest absolute Gasteiger partial charge is 0.497 e. The molecule has 2 saturated carbocycles. The molecule has 2 aromatic rings. The molecule has 0 radical (unpaired) electrons. The number of benzene rings is 2. The highest BCUT2D eigenvalue weighted by atomic mass is 16.5. The second kappa shape index (κ2) is 7.71. The van der Waals surface area contributed by atoms with Crippen LogP contribution in [0.3, 0.4) is 0 Å². The maximum absolute atomic E-state index is 13.1. The predicted molar refractivity (Wildman–Crippen MR) is 135 cm³/mol. The maximum atomic E-state index is 13.1. The zero-order valence-corrected chi connectivity index (χ0v) is 20.5. The molecule has 35 heavy (non-hydrogen) atoms. The van der Waals surface area contributed by atoms with Crippen molar-refractivity contribution in [1.82, 2.24) is 10.2 Å². The van der Waals surface area contributed by atoms with Gasteiger partial charge in [0.1, 0.15) is 5.75 Å². The lowest BCUT2D eigenvalue weighted by molar-refractivity contribution is -0.261. The number of ether oxygens (including phenoxy) is 2. The first-order valence-electron chi connectivity index (χ1n) is 13.2. The SMILES string of the molecule is COc1ccc2c(c1)[C@]13CCN(CC4CC4)[C@H](C2)[C@]12CCC(NC(=O)Nc1ccccc1)(CO2)C3. The number of methoxy groups -OCH3 is 1. The number of fused-ring (bicyclic) bond motifs is 3. The van der Waals surface area contributed by atoms with E-state index in [0.29, 0.717) is 12.6 Å². The van der Waals surface area contributed by atoms with E-state index in [4.69, 9.17) is 9.47 Å². The second-order valence-electron chi connectivity index (χ2n) is 11.6. The number of rotatable bonds is 5. The lowest BCUT2D eigenvalue weighted by atomic mass is 9.45. The number of carbonyl (C=O) groups excluding carboxylic acids is 1. The lowest BCUT2D eigenvalue weighted by Crippen LogP contribution is -2.81. The Morgan fingerprint density at radius 1 is 1.14 bits per heavy atom. The van der Waals surface area contributed by atoms with Crippen molar-refractivity contribution >= 4 is 11.7 Å². The van der Waals surface area contributed by atoms with Gasteiger partial charge in [0.2, 0.25) is 0 Å². The minimum atomic E-state index is -0.360. The molecule has 4 bridgehead atoms. The van der Waals surface area contributed by atoms with Crippen LogP contribution in [0.25, 0.3) is 0 Å². The number of likely N-dealkylation sites (tertiary alicyclic amines) is 1. The van der Waals surface area contributed by atoms with Gasteiger partial charge < -0.3 is 20.1 Å². The van der Waals surface area contributed by atoms with Gasteiger partial charge in [-0.05, 0) is 92.8 Å². The van der Waals surface area contributed by atoms with Crippen molar-refractivity contribution in [2.24, 2.45) is 5.92 Å². The summed E-state index contributed by atoms with van der Waals surface area (Å²) in [7, 11) is 1.75. The van der Waals surface area contributed by atoms with E-state index in [1.807, 2.05) is 30.3 Å². The molecule has 6 heteroatoms. The minimum absolute atomic E-state index is 0.101. The molecule has 4 atom stereocenters. The number of hydrogen-bond donors (Lipinski definition) is 2. The molecule has 8 rings (SSSR count). The Hall–Kier alpha value is -2.57. The Morgan fingerprint density at radius 3 is 2.74 bits per heavy atom. The molecule has 1 unspecified atom stereocenters. The molecule has 3 aliphatic carbocycles. The molecule has 3 aliphatic heterocycles. The number of nitrogens with zero attached hydrogens (tertiary/aromatic N) is 1. The molecule has 2 N–H and O–H groups in total. The second-order valence-corrected chi connectivity index (χ2v) is 11.6. The van der Waals surface area contributed by atoms with Crippen molar-refractivity contribution in [3.63, 3.8) is 0 Å². The van der Waals surface area contributed by atoms with Crippen molar-refractivity contribution < 1.29 is 14.3 Å². The summed E-state index contributed by atoms with van der Waals surface area (Å²) in [5.74, 6) is 1.78. The van der Waals surface area contributed by atoms with Crippen LogP contribution in [0.2, 0.25) is 0 Å². The van der Waals surface area contributed by atoms with E-state index in [-0.39, 0.29) is 22.6 Å². The fourth-order valence-electron chi connectivity index (χ4n) is 7.93. The highest BCUT2D eigenvalue weighted by molar-refractivity contribution is 5.89. The minimum Gasteiger partial charge on any atom is -0.497 e. The van der Waals surface area contributed by atoms with E-state index >= 15 is 0 Å². The number of anilines is 1. The van der Waals surface area contributed by atoms with Crippen LogP contribution in [0, 0.1) is 5.92 Å². The van der Waals surface area contributed by atoms with Gasteiger partial charge in [0, 0.05) is 23.7 Å². The molecule has 2 aromatic carbocycles. The van der Waals surface area contributed by atoms with Gasteiger partial charge in [-0.15, -0.1) is 0 Å². The summed E-state index contributed by atoms with van der Waals surface area (Å²) in [4.78, 5) is 15.9. The highest BCUT2D eigenvalue weighted by Gasteiger charge is 2.71. The normalized spacial score (nSPS) is 35.1. The average molecular weight is 474 g/mol. The third kappa shape index (κ3) is 3.26.